The summed E-state index contributed by atoms with van der Waals surface area (Å²) in [6.45, 7) is 3.60. The minimum atomic E-state index is 0.00199. The Labute approximate surface area is 185 Å². The number of para-hydroxylation sites is 1. The first kappa shape index (κ1) is 19.8. The summed E-state index contributed by atoms with van der Waals surface area (Å²) >= 11 is 1.70. The van der Waals surface area contributed by atoms with Crippen LogP contribution in [-0.2, 0) is 13.5 Å². The third-order valence-electron chi connectivity index (χ3n) is 5.95. The number of carbonyl (C=O) groups is 1. The van der Waals surface area contributed by atoms with Gasteiger partial charge in [0.05, 0.1) is 12.0 Å². The Morgan fingerprint density at radius 2 is 2.19 bits per heavy atom. The van der Waals surface area contributed by atoms with Crippen LogP contribution in [0.3, 0.4) is 0 Å². The number of aryl methyl sites for hydroxylation is 2. The maximum Gasteiger partial charge on any atom is 0.274 e. The van der Waals surface area contributed by atoms with Crippen LogP contribution in [0.2, 0.25) is 0 Å². The standard InChI is InChI=1S/C23H26N6OS/c1-3-16-7-4-5-9-18(16)25-23-26-20(22-29(23)11-12-31-22)17-8-6-10-28(13-17)21(30)19-14-27(2)15-24-19/h4-5,7,9,11-12,14-15,17H,3,6,8,10,13H2,1-2H3,(H,25,26)/t17-/m0/s1. The van der Waals surface area contributed by atoms with Crippen molar-refractivity contribution in [2.45, 2.75) is 32.1 Å². The average molecular weight is 435 g/mol. The average Bonchev–Trinajstić information content (AvgIpc) is 3.52. The van der Waals surface area contributed by atoms with Crippen molar-refractivity contribution >= 4 is 33.7 Å². The Morgan fingerprint density at radius 1 is 1.32 bits per heavy atom. The van der Waals surface area contributed by atoms with E-state index in [-0.39, 0.29) is 11.8 Å². The van der Waals surface area contributed by atoms with Crippen LogP contribution in [0.1, 0.15) is 47.4 Å². The molecule has 0 unspecified atom stereocenters. The predicted octanol–water partition coefficient (Wildman–Crippen LogP) is 4.46. The zero-order chi connectivity index (χ0) is 21.4. The van der Waals surface area contributed by atoms with Crippen molar-refractivity contribution in [2.24, 2.45) is 7.05 Å². The van der Waals surface area contributed by atoms with E-state index in [0.29, 0.717) is 12.2 Å². The Morgan fingerprint density at radius 3 is 3.00 bits per heavy atom. The molecule has 31 heavy (non-hydrogen) atoms. The molecule has 1 aliphatic heterocycles. The fourth-order valence-electron chi connectivity index (χ4n) is 4.34. The lowest BCUT2D eigenvalue weighted by molar-refractivity contribution is 0.0701. The predicted molar refractivity (Wildman–Crippen MR) is 123 cm³/mol. The molecule has 160 valence electrons. The number of fused-ring (bicyclic) bond motifs is 1. The van der Waals surface area contributed by atoms with Gasteiger partial charge in [-0.2, -0.15) is 0 Å². The topological polar surface area (TPSA) is 67.5 Å². The molecule has 7 nitrogen and oxygen atoms in total. The highest BCUT2D eigenvalue weighted by Gasteiger charge is 2.30. The van der Waals surface area contributed by atoms with Crippen LogP contribution in [-0.4, -0.2) is 42.8 Å². The highest BCUT2D eigenvalue weighted by atomic mass is 32.1. The summed E-state index contributed by atoms with van der Waals surface area (Å²) in [6, 6.07) is 8.35. The summed E-state index contributed by atoms with van der Waals surface area (Å²) in [6.07, 6.45) is 8.48. The van der Waals surface area contributed by atoms with Gasteiger partial charge in [-0.1, -0.05) is 25.1 Å². The van der Waals surface area contributed by atoms with Crippen molar-refractivity contribution < 1.29 is 4.79 Å². The lowest BCUT2D eigenvalue weighted by atomic mass is 9.95. The second kappa shape index (κ2) is 8.19. The van der Waals surface area contributed by atoms with Crippen molar-refractivity contribution in [2.75, 3.05) is 18.4 Å². The third-order valence-corrected chi connectivity index (χ3v) is 6.83. The van der Waals surface area contributed by atoms with E-state index in [1.807, 2.05) is 22.6 Å². The van der Waals surface area contributed by atoms with E-state index < -0.39 is 0 Å². The fourth-order valence-corrected chi connectivity index (χ4v) is 5.25. The second-order valence-corrected chi connectivity index (χ2v) is 8.94. The van der Waals surface area contributed by atoms with Crippen LogP contribution < -0.4 is 5.32 Å². The molecule has 1 atom stereocenters. The Bertz CT molecular complexity index is 1220. The number of piperidine rings is 1. The SMILES string of the molecule is CCc1ccccc1Nc1nc([C@H]2CCCN(C(=O)c3cn(C)cn3)C2)c2sccn12. The molecule has 0 radical (unpaired) electrons. The molecule has 1 fully saturated rings. The van der Waals surface area contributed by atoms with Gasteiger partial charge in [0.15, 0.2) is 0 Å². The number of aromatic nitrogens is 4. The number of anilines is 2. The van der Waals surface area contributed by atoms with E-state index >= 15 is 0 Å². The van der Waals surface area contributed by atoms with Crippen molar-refractivity contribution in [1.82, 2.24) is 23.8 Å². The molecule has 1 aliphatic rings. The Hall–Kier alpha value is -3.13. The van der Waals surface area contributed by atoms with Crippen LogP contribution in [0, 0.1) is 0 Å². The molecule has 4 heterocycles. The van der Waals surface area contributed by atoms with Gasteiger partial charge in [0, 0.05) is 49.5 Å². The van der Waals surface area contributed by atoms with Crippen molar-refractivity contribution in [3.05, 3.63) is 65.3 Å². The van der Waals surface area contributed by atoms with E-state index in [1.54, 1.807) is 23.9 Å². The summed E-state index contributed by atoms with van der Waals surface area (Å²) in [7, 11) is 1.88. The van der Waals surface area contributed by atoms with Gasteiger partial charge in [-0.05, 0) is 30.9 Å². The minimum Gasteiger partial charge on any atom is -0.340 e. The summed E-state index contributed by atoms with van der Waals surface area (Å²) in [5.41, 5.74) is 3.93. The number of benzene rings is 1. The van der Waals surface area contributed by atoms with Crippen LogP contribution in [0.5, 0.6) is 0 Å². The van der Waals surface area contributed by atoms with E-state index in [0.717, 1.165) is 48.0 Å². The molecule has 1 amide bonds. The lowest BCUT2D eigenvalue weighted by Crippen LogP contribution is -2.39. The summed E-state index contributed by atoms with van der Waals surface area (Å²) in [5.74, 6) is 1.05. The van der Waals surface area contributed by atoms with Gasteiger partial charge in [0.25, 0.3) is 5.91 Å². The maximum absolute atomic E-state index is 12.9. The molecule has 8 heteroatoms. The van der Waals surface area contributed by atoms with E-state index in [4.69, 9.17) is 4.98 Å². The fraction of sp³-hybridized carbons (Fsp3) is 0.348. The first-order valence-corrected chi connectivity index (χ1v) is 11.6. The third kappa shape index (κ3) is 3.72. The van der Waals surface area contributed by atoms with Gasteiger partial charge >= 0.3 is 0 Å². The molecule has 0 bridgehead atoms. The number of thiazole rings is 1. The Balaban J connectivity index is 1.42. The number of imidazole rings is 2. The molecule has 5 rings (SSSR count). The van der Waals surface area contributed by atoms with Gasteiger partial charge in [-0.15, -0.1) is 11.3 Å². The molecular weight excluding hydrogens is 408 g/mol. The molecule has 1 aromatic carbocycles. The molecule has 0 saturated carbocycles. The van der Waals surface area contributed by atoms with Gasteiger partial charge < -0.3 is 14.8 Å². The number of nitrogens with one attached hydrogen (secondary N) is 1. The number of nitrogens with zero attached hydrogens (tertiary/aromatic N) is 5. The smallest absolute Gasteiger partial charge is 0.274 e. The highest BCUT2D eigenvalue weighted by molar-refractivity contribution is 7.15. The number of hydrogen-bond acceptors (Lipinski definition) is 5. The summed E-state index contributed by atoms with van der Waals surface area (Å²) in [4.78, 5) is 25.3. The van der Waals surface area contributed by atoms with Crippen LogP contribution >= 0.6 is 11.3 Å². The van der Waals surface area contributed by atoms with Crippen molar-refractivity contribution in [3.63, 3.8) is 0 Å². The Kier molecular flexibility index (Phi) is 5.23. The first-order valence-electron chi connectivity index (χ1n) is 10.7. The zero-order valence-electron chi connectivity index (χ0n) is 17.8. The maximum atomic E-state index is 12.9. The van der Waals surface area contributed by atoms with E-state index in [2.05, 4.69) is 51.4 Å². The quantitative estimate of drug-likeness (QED) is 0.504. The molecule has 4 aromatic rings. The highest BCUT2D eigenvalue weighted by Crippen LogP contribution is 2.34. The zero-order valence-corrected chi connectivity index (χ0v) is 18.6. The minimum absolute atomic E-state index is 0.00199. The summed E-state index contributed by atoms with van der Waals surface area (Å²) < 4.78 is 3.94. The van der Waals surface area contributed by atoms with Crippen LogP contribution in [0.25, 0.3) is 4.83 Å². The molecule has 0 aliphatic carbocycles. The number of rotatable bonds is 5. The van der Waals surface area contributed by atoms with Gasteiger partial charge in [0.1, 0.15) is 10.5 Å². The van der Waals surface area contributed by atoms with E-state index in [9.17, 15) is 4.79 Å². The molecular formula is C23H26N6OS. The van der Waals surface area contributed by atoms with E-state index in [1.165, 1.54) is 5.56 Å². The number of amides is 1. The van der Waals surface area contributed by atoms with Gasteiger partial charge in [-0.3, -0.25) is 9.20 Å². The molecule has 1 N–H and O–H groups in total. The number of hydrogen-bond donors (Lipinski definition) is 1. The first-order chi connectivity index (χ1) is 15.1. The van der Waals surface area contributed by atoms with Crippen LogP contribution in [0.4, 0.5) is 11.6 Å². The number of likely N-dealkylation sites (tertiary alicyclic amines) is 1. The van der Waals surface area contributed by atoms with Crippen molar-refractivity contribution in [1.29, 1.82) is 0 Å². The van der Waals surface area contributed by atoms with Gasteiger partial charge in [0.2, 0.25) is 5.95 Å². The van der Waals surface area contributed by atoms with Crippen LogP contribution in [0.15, 0.2) is 48.4 Å². The lowest BCUT2D eigenvalue weighted by Gasteiger charge is -2.31. The molecule has 0 spiro atoms. The second-order valence-electron chi connectivity index (χ2n) is 8.05. The normalized spacial score (nSPS) is 16.7. The summed E-state index contributed by atoms with van der Waals surface area (Å²) in [5, 5.41) is 5.63. The van der Waals surface area contributed by atoms with Crippen molar-refractivity contribution in [3.8, 4) is 0 Å². The monoisotopic (exact) mass is 434 g/mol. The molecule has 3 aromatic heterocycles. The van der Waals surface area contributed by atoms with Gasteiger partial charge in [-0.25, -0.2) is 9.97 Å². The number of carbonyl (C=O) groups excluding carboxylic acids is 1. The molecule has 1 saturated heterocycles. The largest absolute Gasteiger partial charge is 0.340 e.